The molecule has 0 unspecified atom stereocenters. The van der Waals surface area contributed by atoms with Crippen LogP contribution in [0.2, 0.25) is 0 Å². The van der Waals surface area contributed by atoms with Gasteiger partial charge in [0.1, 0.15) is 0 Å². The van der Waals surface area contributed by atoms with E-state index in [1.165, 1.54) is 5.34 Å². The molecule has 0 aliphatic heterocycles. The van der Waals surface area contributed by atoms with Crippen LogP contribution in [0.15, 0.2) is 5.34 Å². The van der Waals surface area contributed by atoms with Crippen molar-refractivity contribution in [3.8, 4) is 0 Å². The topological polar surface area (TPSA) is 302 Å². The largest absolute Gasteiger partial charge is 0.412 e. The van der Waals surface area contributed by atoms with Crippen molar-refractivity contribution < 1.29 is 48.4 Å². The molecule has 0 bridgehead atoms. The predicted octanol–water partition coefficient (Wildman–Crippen LogP) is -5.15. The molecule has 14 N–H and O–H groups in total. The summed E-state index contributed by atoms with van der Waals surface area (Å²) in [6.45, 7) is 0. The highest BCUT2D eigenvalue weighted by Gasteiger charge is 1.65. The van der Waals surface area contributed by atoms with Crippen LogP contribution in [0.3, 0.4) is 0 Å². The van der Waals surface area contributed by atoms with E-state index in [-0.39, 0.29) is 32.9 Å². The lowest BCUT2D eigenvalue weighted by Gasteiger charge is -1.56. The first-order valence-corrected chi connectivity index (χ1v) is 0.948. The van der Waals surface area contributed by atoms with Gasteiger partial charge in [0.25, 0.3) is 5.09 Å². The Balaban J connectivity index is -0.00000000444. The van der Waals surface area contributed by atoms with Crippen molar-refractivity contribution in [1.29, 1.82) is 0 Å². The molecule has 0 saturated carbocycles. The van der Waals surface area contributed by atoms with Crippen LogP contribution in [-0.4, -0.2) is 48.4 Å². The lowest BCUT2D eigenvalue weighted by Crippen LogP contribution is -1.81. The van der Waals surface area contributed by atoms with E-state index in [1.807, 2.05) is 0 Å². The van der Waals surface area contributed by atoms with Crippen LogP contribution >= 0.6 is 0 Å². The van der Waals surface area contributed by atoms with E-state index in [0.717, 1.165) is 0 Å². The predicted molar refractivity (Wildman–Crippen MR) is 38.0 cm³/mol. The Morgan fingerprint density at radius 1 is 1.00 bits per heavy atom. The molecule has 13 heteroatoms. The lowest BCUT2D eigenvalue weighted by atomic mass is 13.1. The van der Waals surface area contributed by atoms with Crippen LogP contribution in [0.4, 0.5) is 0 Å². The molecule has 0 aliphatic rings. The normalized spacial score (nSPS) is 2.77. The second-order valence-electron chi connectivity index (χ2n) is 0.319. The third-order valence-corrected chi connectivity index (χ3v) is 0. The molecule has 0 radical (unpaired) electrons. The van der Waals surface area contributed by atoms with E-state index in [1.54, 1.807) is 0 Å². The van der Waals surface area contributed by atoms with Crippen molar-refractivity contribution in [1.82, 2.24) is 0 Å². The quantitative estimate of drug-likeness (QED) is 0.228. The third-order valence-electron chi connectivity index (χ3n) is 0. The Morgan fingerprint density at radius 3 is 1.00 bits per heavy atom. The van der Waals surface area contributed by atoms with Gasteiger partial charge in [0.2, 0.25) is 0 Å². The van der Waals surface area contributed by atoms with Gasteiger partial charge in [-0.1, -0.05) is 0 Å². The zero-order chi connectivity index (χ0) is 6.28. The first kappa shape index (κ1) is 108. The van der Waals surface area contributed by atoms with Gasteiger partial charge in [0, 0.05) is 0 Å². The Hall–Kier alpha value is -1.64. The molecule has 0 rings (SSSR count). The summed E-state index contributed by atoms with van der Waals surface area (Å²) in [6.07, 6.45) is 0. The highest BCUT2D eigenvalue weighted by molar-refractivity contribution is 3.84. The minimum Gasteiger partial charge on any atom is -0.412 e. The highest BCUT2D eigenvalue weighted by Crippen LogP contribution is 1.38. The Labute approximate surface area is 70.1 Å². The van der Waals surface area contributed by atoms with Crippen molar-refractivity contribution in [2.45, 2.75) is 0 Å². The zero-order valence-corrected chi connectivity index (χ0v) is 6.01. The Kier molecular flexibility index (Phi) is 1350. The van der Waals surface area contributed by atoms with E-state index in [0.29, 0.717) is 0 Å². The van der Waals surface area contributed by atoms with Crippen LogP contribution in [0.5, 0.6) is 0 Å². The first-order chi connectivity index (χ1) is 3.15. The van der Waals surface area contributed by atoms with Gasteiger partial charge in [-0.05, 0) is 0 Å². The lowest BCUT2D eigenvalue weighted by molar-refractivity contribution is -0.742. The fraction of sp³-hybridized carbons (Fsp3) is 0. The average molecular weight is 218 g/mol. The third kappa shape index (κ3) is 269. The summed E-state index contributed by atoms with van der Waals surface area (Å²) in [5.41, 5.74) is 0. The fourth-order valence-corrected chi connectivity index (χ4v) is 0. The van der Waals surface area contributed by atoms with Gasteiger partial charge in [-0.2, -0.15) is 0 Å². The van der Waals surface area contributed by atoms with Gasteiger partial charge in [0.05, 0.1) is 0 Å². The summed E-state index contributed by atoms with van der Waals surface area (Å²) in [5, 5.41) is 21.5. The minimum absolute atomic E-state index is 0. The van der Waals surface area contributed by atoms with Gasteiger partial charge in [-0.25, -0.2) is 0 Å². The molecule has 0 aromatic heterocycles. The number of hydrogen-bond acceptors (Lipinski definition) is 4. The van der Waals surface area contributed by atoms with Gasteiger partial charge >= 0.3 is 0 Å². The van der Waals surface area contributed by atoms with Crippen LogP contribution in [-0.2, 0) is 0 Å². The SMILES string of the molecule is O.O.O.O.O.O.O=NO.O=[N+]([O-])O. The van der Waals surface area contributed by atoms with Crippen LogP contribution < -0.4 is 0 Å². The summed E-state index contributed by atoms with van der Waals surface area (Å²) >= 11 is 0. The molecule has 0 aliphatic carbocycles. The molecule has 13 nitrogen and oxygen atoms in total. The van der Waals surface area contributed by atoms with Crippen molar-refractivity contribution >= 4 is 0 Å². The molecule has 0 heterocycles. The second kappa shape index (κ2) is 163. The molecule has 0 atom stereocenters. The van der Waals surface area contributed by atoms with E-state index >= 15 is 0 Å². The summed E-state index contributed by atoms with van der Waals surface area (Å²) in [4.78, 5) is 16.5. The molecule has 0 aromatic rings. The summed E-state index contributed by atoms with van der Waals surface area (Å²) in [5.74, 6) is 0. The van der Waals surface area contributed by atoms with Crippen LogP contribution in [0.1, 0.15) is 0 Å². The average Bonchev–Trinajstić information content (AvgIpc) is 1.33. The molecular formula is H14N2O11. The van der Waals surface area contributed by atoms with Gasteiger partial charge in [0.15, 0.2) is 5.34 Å². The number of nitrogens with zero attached hydrogens (tertiary/aromatic N) is 2. The molecule has 0 spiro atoms. The zero-order valence-electron chi connectivity index (χ0n) is 6.01. The summed E-state index contributed by atoms with van der Waals surface area (Å²) in [6, 6.07) is 0. The molecule has 0 aromatic carbocycles. The van der Waals surface area contributed by atoms with E-state index < -0.39 is 5.09 Å². The maximum atomic E-state index is 8.36. The highest BCUT2D eigenvalue weighted by atomic mass is 16.9. The second-order valence-corrected chi connectivity index (χ2v) is 0.319. The maximum Gasteiger partial charge on any atom is 0.291 e. The standard InChI is InChI=1S/HNO3.HNO2.6H2O/c2-1(3)4;2-1-3;;;;;;/h(H,2,3,4);(H,2,3);6*1H2. The molecular weight excluding hydrogens is 204 g/mol. The van der Waals surface area contributed by atoms with Crippen molar-refractivity contribution in [2.24, 2.45) is 5.34 Å². The van der Waals surface area contributed by atoms with Crippen molar-refractivity contribution in [3.05, 3.63) is 15.0 Å². The molecule has 0 fully saturated rings. The Morgan fingerprint density at radius 2 is 1.00 bits per heavy atom. The van der Waals surface area contributed by atoms with E-state index in [4.69, 9.17) is 25.4 Å². The van der Waals surface area contributed by atoms with Crippen molar-refractivity contribution in [3.63, 3.8) is 0 Å². The van der Waals surface area contributed by atoms with Gasteiger partial charge in [-0.3, -0.25) is 0 Å². The minimum atomic E-state index is -1.50. The van der Waals surface area contributed by atoms with Crippen LogP contribution in [0, 0.1) is 15.0 Å². The first-order valence-electron chi connectivity index (χ1n) is 0.948. The number of hydrogen-bond donors (Lipinski definition) is 2. The summed E-state index contributed by atoms with van der Waals surface area (Å²) in [7, 11) is 0. The van der Waals surface area contributed by atoms with E-state index in [9.17, 15) is 0 Å². The molecule has 0 saturated heterocycles. The Bertz CT molecular complexity index is 55.1. The van der Waals surface area contributed by atoms with Crippen LogP contribution in [0.25, 0.3) is 0 Å². The monoisotopic (exact) mass is 218 g/mol. The van der Waals surface area contributed by atoms with E-state index in [2.05, 4.69) is 0 Å². The molecule has 0 amide bonds. The fourth-order valence-electron chi connectivity index (χ4n) is 0. The van der Waals surface area contributed by atoms with Gasteiger partial charge in [-0.15, -0.1) is 15.0 Å². The van der Waals surface area contributed by atoms with Gasteiger partial charge < -0.3 is 43.3 Å². The molecule has 90 valence electrons. The smallest absolute Gasteiger partial charge is 0.291 e. The summed E-state index contributed by atoms with van der Waals surface area (Å²) < 4.78 is 0. The van der Waals surface area contributed by atoms with Crippen molar-refractivity contribution in [2.75, 3.05) is 0 Å². The maximum absolute atomic E-state index is 8.36. The molecule has 13 heavy (non-hydrogen) atoms. The number of rotatable bonds is 0.